The van der Waals surface area contributed by atoms with Crippen LogP contribution in [0.1, 0.15) is 11.1 Å². The number of aromatic nitrogens is 3. The number of rotatable bonds is 4. The summed E-state index contributed by atoms with van der Waals surface area (Å²) >= 11 is 0. The molecule has 0 radical (unpaired) electrons. The molecule has 172 valence electrons. The molecule has 0 saturated carbocycles. The Labute approximate surface area is 190 Å². The Bertz CT molecular complexity index is 1430. The highest BCUT2D eigenvalue weighted by atomic mass is 19.4. The smallest absolute Gasteiger partial charge is 0.417 e. The Morgan fingerprint density at radius 2 is 1.91 bits per heavy atom. The van der Waals surface area contributed by atoms with Gasteiger partial charge in [-0.05, 0) is 48.9 Å². The molecule has 1 aliphatic rings. The van der Waals surface area contributed by atoms with Gasteiger partial charge in [0.05, 0.1) is 28.5 Å². The predicted molar refractivity (Wildman–Crippen MR) is 117 cm³/mol. The van der Waals surface area contributed by atoms with Gasteiger partial charge in [-0.1, -0.05) is 0 Å². The molecule has 5 rings (SSSR count). The Balaban J connectivity index is 1.41. The maximum atomic E-state index is 13.0. The van der Waals surface area contributed by atoms with Gasteiger partial charge in [0.25, 0.3) is 5.91 Å². The van der Waals surface area contributed by atoms with Crippen molar-refractivity contribution in [3.63, 3.8) is 0 Å². The molecular formula is C23H16F3N5O3. The first-order valence-corrected chi connectivity index (χ1v) is 10.1. The minimum atomic E-state index is -4.62. The number of fused-ring (bicyclic) bond motifs is 1. The molecule has 1 fully saturated rings. The number of pyridine rings is 2. The van der Waals surface area contributed by atoms with Crippen LogP contribution in [-0.2, 0) is 11.0 Å². The maximum absolute atomic E-state index is 13.0. The summed E-state index contributed by atoms with van der Waals surface area (Å²) in [5.74, 6) is 0.491. The summed E-state index contributed by atoms with van der Waals surface area (Å²) in [6.45, 7) is 1.30. The van der Waals surface area contributed by atoms with Crippen LogP contribution in [0.2, 0.25) is 0 Å². The number of nitrogens with zero attached hydrogens (tertiary/aromatic N) is 4. The molecule has 1 N–H and O–H groups in total. The fourth-order valence-corrected chi connectivity index (χ4v) is 3.76. The SMILES string of the molecule is Cc1cc(Oc2ccnc3[nH]ccc23)ccc1N1C(=O)CN(c2cncc(C(F)(F)F)c2)C1=O. The monoisotopic (exact) mass is 467 g/mol. The molecule has 0 unspecified atom stereocenters. The summed E-state index contributed by atoms with van der Waals surface area (Å²) in [4.78, 5) is 38.4. The highest BCUT2D eigenvalue weighted by Gasteiger charge is 2.40. The summed E-state index contributed by atoms with van der Waals surface area (Å²) in [6.07, 6.45) is 0.507. The zero-order chi connectivity index (χ0) is 24.0. The topological polar surface area (TPSA) is 91.4 Å². The van der Waals surface area contributed by atoms with E-state index < -0.39 is 30.2 Å². The van der Waals surface area contributed by atoms with Crippen LogP contribution in [0.3, 0.4) is 0 Å². The number of aromatic amines is 1. The quantitative estimate of drug-likeness (QED) is 0.424. The fourth-order valence-electron chi connectivity index (χ4n) is 3.76. The van der Waals surface area contributed by atoms with Crippen LogP contribution >= 0.6 is 0 Å². The molecule has 8 nitrogen and oxygen atoms in total. The molecule has 1 aliphatic heterocycles. The molecule has 3 aromatic heterocycles. The molecule has 1 saturated heterocycles. The van der Waals surface area contributed by atoms with Gasteiger partial charge >= 0.3 is 12.2 Å². The van der Waals surface area contributed by atoms with Crippen LogP contribution in [0.25, 0.3) is 11.0 Å². The van der Waals surface area contributed by atoms with E-state index in [0.29, 0.717) is 34.6 Å². The first kappa shape index (κ1) is 21.4. The molecule has 0 bridgehead atoms. The molecule has 4 heterocycles. The summed E-state index contributed by atoms with van der Waals surface area (Å²) in [6, 6.07) is 8.42. The van der Waals surface area contributed by atoms with Crippen molar-refractivity contribution < 1.29 is 27.5 Å². The molecule has 34 heavy (non-hydrogen) atoms. The van der Waals surface area contributed by atoms with Gasteiger partial charge < -0.3 is 9.72 Å². The molecule has 0 atom stereocenters. The molecule has 0 spiro atoms. The van der Waals surface area contributed by atoms with Crippen LogP contribution in [0.15, 0.2) is 61.2 Å². The van der Waals surface area contributed by atoms with Gasteiger partial charge in [-0.25, -0.2) is 14.7 Å². The van der Waals surface area contributed by atoms with E-state index in [-0.39, 0.29) is 5.69 Å². The number of urea groups is 1. The zero-order valence-electron chi connectivity index (χ0n) is 17.6. The van der Waals surface area contributed by atoms with Gasteiger partial charge in [0.2, 0.25) is 0 Å². The van der Waals surface area contributed by atoms with Crippen molar-refractivity contribution in [3.8, 4) is 11.5 Å². The van der Waals surface area contributed by atoms with Gasteiger partial charge in [-0.3, -0.25) is 14.7 Å². The highest BCUT2D eigenvalue weighted by molar-refractivity contribution is 6.27. The third-order valence-electron chi connectivity index (χ3n) is 5.38. The number of anilines is 2. The lowest BCUT2D eigenvalue weighted by Gasteiger charge is -2.19. The summed E-state index contributed by atoms with van der Waals surface area (Å²) in [7, 11) is 0. The van der Waals surface area contributed by atoms with E-state index in [0.717, 1.165) is 27.4 Å². The van der Waals surface area contributed by atoms with E-state index in [1.165, 1.54) is 0 Å². The van der Waals surface area contributed by atoms with Crippen LogP contribution < -0.4 is 14.5 Å². The predicted octanol–water partition coefficient (Wildman–Crippen LogP) is 5.05. The standard InChI is InChI=1S/C23H16F3N5O3/c1-13-8-16(34-19-5-7-29-21-17(19)4-6-28-21)2-3-18(13)31-20(32)12-30(22(31)33)15-9-14(10-27-11-15)23(24,25)26/h2-11H,12H2,1H3,(H,28,29). The van der Waals surface area contributed by atoms with E-state index in [1.807, 2.05) is 6.07 Å². The van der Waals surface area contributed by atoms with Crippen molar-refractivity contribution in [1.29, 1.82) is 0 Å². The first-order valence-electron chi connectivity index (χ1n) is 10.1. The molecule has 1 aromatic carbocycles. The lowest BCUT2D eigenvalue weighted by Crippen LogP contribution is -2.33. The Hall–Kier alpha value is -4.41. The van der Waals surface area contributed by atoms with E-state index in [1.54, 1.807) is 43.6 Å². The number of nitrogens with one attached hydrogen (secondary N) is 1. The number of H-pyrrole nitrogens is 1. The summed E-state index contributed by atoms with van der Waals surface area (Å²) in [5, 5.41) is 0.791. The third-order valence-corrected chi connectivity index (χ3v) is 5.38. The fraction of sp³-hybridized carbons (Fsp3) is 0.130. The number of alkyl halides is 3. The van der Waals surface area contributed by atoms with Gasteiger partial charge in [-0.2, -0.15) is 13.2 Å². The Morgan fingerprint density at radius 3 is 2.68 bits per heavy atom. The summed E-state index contributed by atoms with van der Waals surface area (Å²) < 4.78 is 45.1. The van der Waals surface area contributed by atoms with Gasteiger partial charge in [0.1, 0.15) is 23.7 Å². The van der Waals surface area contributed by atoms with Crippen molar-refractivity contribution in [2.24, 2.45) is 0 Å². The molecule has 11 heteroatoms. The number of benzene rings is 1. The number of hydrogen-bond donors (Lipinski definition) is 1. The normalized spacial score (nSPS) is 14.4. The number of carbonyl (C=O) groups is 2. The lowest BCUT2D eigenvalue weighted by atomic mass is 10.1. The second-order valence-electron chi connectivity index (χ2n) is 7.63. The van der Waals surface area contributed by atoms with Gasteiger partial charge in [0.15, 0.2) is 0 Å². The molecule has 3 amide bonds. The van der Waals surface area contributed by atoms with Gasteiger partial charge in [-0.15, -0.1) is 0 Å². The van der Waals surface area contributed by atoms with E-state index in [4.69, 9.17) is 4.74 Å². The third kappa shape index (κ3) is 3.70. The van der Waals surface area contributed by atoms with Crippen molar-refractivity contribution in [3.05, 3.63) is 72.3 Å². The van der Waals surface area contributed by atoms with Crippen LogP contribution in [0.4, 0.5) is 29.3 Å². The maximum Gasteiger partial charge on any atom is 0.417 e. The second-order valence-corrected chi connectivity index (χ2v) is 7.63. The van der Waals surface area contributed by atoms with Crippen molar-refractivity contribution in [2.45, 2.75) is 13.1 Å². The minimum absolute atomic E-state index is 0.110. The largest absolute Gasteiger partial charge is 0.457 e. The number of amides is 3. The molecular weight excluding hydrogens is 451 g/mol. The minimum Gasteiger partial charge on any atom is -0.457 e. The van der Waals surface area contributed by atoms with Crippen LogP contribution in [-0.4, -0.2) is 33.4 Å². The van der Waals surface area contributed by atoms with Crippen LogP contribution in [0, 0.1) is 6.92 Å². The first-order chi connectivity index (χ1) is 16.2. The average Bonchev–Trinajstić information content (AvgIpc) is 3.39. The highest BCUT2D eigenvalue weighted by Crippen LogP contribution is 2.35. The average molecular weight is 467 g/mol. The molecule has 0 aliphatic carbocycles. The van der Waals surface area contributed by atoms with Gasteiger partial charge in [0, 0.05) is 18.6 Å². The number of halogens is 3. The number of hydrogen-bond acceptors (Lipinski definition) is 5. The Morgan fingerprint density at radius 1 is 1.09 bits per heavy atom. The van der Waals surface area contributed by atoms with E-state index in [9.17, 15) is 22.8 Å². The number of aryl methyl sites for hydroxylation is 1. The number of imide groups is 1. The second kappa shape index (κ2) is 7.87. The summed E-state index contributed by atoms with van der Waals surface area (Å²) in [5.41, 5.74) is 0.438. The lowest BCUT2D eigenvalue weighted by molar-refractivity contribution is -0.137. The Kier molecular flexibility index (Phi) is 4.96. The van der Waals surface area contributed by atoms with E-state index >= 15 is 0 Å². The van der Waals surface area contributed by atoms with Crippen molar-refractivity contribution in [2.75, 3.05) is 16.3 Å². The van der Waals surface area contributed by atoms with Crippen molar-refractivity contribution in [1.82, 2.24) is 15.0 Å². The number of carbonyl (C=O) groups excluding carboxylic acids is 2. The zero-order valence-corrected chi connectivity index (χ0v) is 17.6. The van der Waals surface area contributed by atoms with Crippen molar-refractivity contribution >= 4 is 34.3 Å². The number of ether oxygens (including phenoxy) is 1. The van der Waals surface area contributed by atoms with E-state index in [2.05, 4.69) is 15.0 Å². The molecule has 4 aromatic rings. The van der Waals surface area contributed by atoms with Crippen LogP contribution in [0.5, 0.6) is 11.5 Å².